The molecule has 4 aliphatic carbocycles. The summed E-state index contributed by atoms with van der Waals surface area (Å²) in [5.41, 5.74) is -0.510. The first-order chi connectivity index (χ1) is 19.5. The molecule has 0 bridgehead atoms. The van der Waals surface area contributed by atoms with Gasteiger partial charge in [0.2, 0.25) is 0 Å². The summed E-state index contributed by atoms with van der Waals surface area (Å²) in [5, 5.41) is 10.4. The highest BCUT2D eigenvalue weighted by Crippen LogP contribution is 2.73. The predicted octanol–water partition coefficient (Wildman–Crippen LogP) is 5.79. The number of rotatable bonds is 7. The Kier molecular flexibility index (Phi) is 8.53. The molecule has 230 valence electrons. The molecule has 0 heterocycles. The topological polar surface area (TPSA) is 124 Å². The van der Waals surface area contributed by atoms with Crippen LogP contribution in [0, 0.1) is 39.9 Å². The van der Waals surface area contributed by atoms with Crippen molar-refractivity contribution in [2.45, 2.75) is 106 Å². The molecule has 8 nitrogen and oxygen atoms in total. The summed E-state index contributed by atoms with van der Waals surface area (Å²) in [5.74, 6) is -3.88. The third-order valence-electron chi connectivity index (χ3n) is 11.3. The molecular weight excluding hydrogens is 536 g/mol. The zero-order valence-electron chi connectivity index (χ0n) is 26.2. The average molecular weight is 583 g/mol. The Morgan fingerprint density at radius 1 is 1.07 bits per heavy atom. The summed E-state index contributed by atoms with van der Waals surface area (Å²) in [6.07, 6.45) is 6.13. The Morgan fingerprint density at radius 2 is 1.74 bits per heavy atom. The summed E-state index contributed by atoms with van der Waals surface area (Å²) in [7, 11) is 0. The van der Waals surface area contributed by atoms with Gasteiger partial charge in [-0.15, -0.1) is 0 Å². The van der Waals surface area contributed by atoms with Gasteiger partial charge in [0.15, 0.2) is 17.7 Å². The number of Topliss-reactive ketones (excluding diaryl/α,β-unsaturated/α-hetero) is 1. The monoisotopic (exact) mass is 582 g/mol. The summed E-state index contributed by atoms with van der Waals surface area (Å²) in [4.78, 5) is 65.4. The first-order valence-corrected chi connectivity index (χ1v) is 15.3. The second-order valence-electron chi connectivity index (χ2n) is 13.7. The Hall–Kier alpha value is -3.03. The minimum absolute atomic E-state index is 0.0916. The van der Waals surface area contributed by atoms with E-state index in [1.165, 1.54) is 6.92 Å². The third-order valence-corrected chi connectivity index (χ3v) is 11.3. The van der Waals surface area contributed by atoms with Crippen LogP contribution in [0.4, 0.5) is 0 Å². The zero-order chi connectivity index (χ0) is 31.4. The van der Waals surface area contributed by atoms with Gasteiger partial charge in [0.05, 0.1) is 0 Å². The molecule has 9 atom stereocenters. The molecule has 42 heavy (non-hydrogen) atoms. The van der Waals surface area contributed by atoms with Gasteiger partial charge < -0.3 is 14.6 Å². The standard InChI is InChI=1S/C34H46O8/c1-9-26(37)42-24-17-33(7)22(27(24)21(31(39)40)12-10-11-18(2)3)13-14-25-32(6)16-15-23(36)19(4)28(32)29(41-20(5)35)30(38)34(25,33)8/h11,15-16,19,22,24-25,28-29H,9-10,12-14,17H2,1-8H3,(H,39,40)/t19-,22+,24+,25+,28-,29+,32-,33+,34-/m1/s1. The normalized spacial score (nSPS) is 39.9. The van der Waals surface area contributed by atoms with Crippen LogP contribution < -0.4 is 0 Å². The number of carbonyl (C=O) groups excluding carboxylic acids is 4. The molecule has 0 unspecified atom stereocenters. The second-order valence-corrected chi connectivity index (χ2v) is 13.7. The number of hydrogen-bond acceptors (Lipinski definition) is 7. The first kappa shape index (κ1) is 31.9. The molecule has 0 aliphatic heterocycles. The number of carbonyl (C=O) groups is 5. The van der Waals surface area contributed by atoms with Crippen molar-refractivity contribution >= 4 is 29.5 Å². The molecule has 1 N–H and O–H groups in total. The van der Waals surface area contributed by atoms with Gasteiger partial charge in [-0.1, -0.05) is 52.3 Å². The number of aliphatic carboxylic acids is 1. The van der Waals surface area contributed by atoms with Gasteiger partial charge in [0, 0.05) is 36.2 Å². The fourth-order valence-electron chi connectivity index (χ4n) is 9.23. The molecule has 0 radical (unpaired) electrons. The van der Waals surface area contributed by atoms with E-state index in [4.69, 9.17) is 9.47 Å². The SMILES string of the molecule is CCC(=O)O[C@H]1C[C@@]2(C)[C@@H](CC[C@H]3[C@@]4(C)C=CC(=O)[C@@H](C)[C@@H]4[C@H](OC(C)=O)C(=O)[C@@]32C)C1=C(CCC=C(C)C)C(=O)O. The number of hydrogen-bond donors (Lipinski definition) is 1. The Bertz CT molecular complexity index is 1280. The van der Waals surface area contributed by atoms with Gasteiger partial charge in [-0.2, -0.15) is 0 Å². The summed E-state index contributed by atoms with van der Waals surface area (Å²) in [6.45, 7) is 14.7. The van der Waals surface area contributed by atoms with Crippen molar-refractivity contribution in [1.82, 2.24) is 0 Å². The van der Waals surface area contributed by atoms with Gasteiger partial charge in [-0.05, 0) is 80.3 Å². The lowest BCUT2D eigenvalue weighted by atomic mass is 9.37. The third kappa shape index (κ3) is 4.79. The molecule has 0 aromatic heterocycles. The average Bonchev–Trinajstić information content (AvgIpc) is 3.19. The van der Waals surface area contributed by atoms with E-state index >= 15 is 0 Å². The molecule has 4 aliphatic rings. The van der Waals surface area contributed by atoms with Gasteiger partial charge >= 0.3 is 17.9 Å². The lowest BCUT2D eigenvalue weighted by Crippen LogP contribution is -2.69. The summed E-state index contributed by atoms with van der Waals surface area (Å²) >= 11 is 0. The van der Waals surface area contributed by atoms with Crippen LogP contribution >= 0.6 is 0 Å². The van der Waals surface area contributed by atoms with Crippen LogP contribution in [0.25, 0.3) is 0 Å². The lowest BCUT2D eigenvalue weighted by molar-refractivity contribution is -0.207. The van der Waals surface area contributed by atoms with E-state index in [0.29, 0.717) is 31.3 Å². The van der Waals surface area contributed by atoms with Crippen molar-refractivity contribution in [3.63, 3.8) is 0 Å². The molecular formula is C34H46O8. The molecule has 0 aromatic carbocycles. The number of ketones is 2. The van der Waals surface area contributed by atoms with Crippen molar-refractivity contribution in [3.8, 4) is 0 Å². The number of carboxylic acid groups (broad SMARTS) is 1. The molecule has 0 spiro atoms. The van der Waals surface area contributed by atoms with Crippen molar-refractivity contribution < 1.29 is 38.6 Å². The number of allylic oxidation sites excluding steroid dienone is 4. The maximum atomic E-state index is 14.8. The second kappa shape index (κ2) is 11.2. The molecule has 0 amide bonds. The van der Waals surface area contributed by atoms with Crippen LogP contribution in [-0.2, 0) is 33.4 Å². The highest BCUT2D eigenvalue weighted by atomic mass is 16.5. The number of esters is 2. The van der Waals surface area contributed by atoms with E-state index in [-0.39, 0.29) is 41.8 Å². The number of ether oxygens (including phenoxy) is 2. The van der Waals surface area contributed by atoms with Crippen molar-refractivity contribution in [1.29, 1.82) is 0 Å². The van der Waals surface area contributed by atoms with Crippen LogP contribution in [0.5, 0.6) is 0 Å². The minimum Gasteiger partial charge on any atom is -0.478 e. The summed E-state index contributed by atoms with van der Waals surface area (Å²) in [6, 6.07) is 0. The van der Waals surface area contributed by atoms with Gasteiger partial charge in [-0.25, -0.2) is 4.79 Å². The lowest BCUT2D eigenvalue weighted by Gasteiger charge is -2.66. The maximum Gasteiger partial charge on any atom is 0.331 e. The van der Waals surface area contributed by atoms with Crippen molar-refractivity contribution in [2.75, 3.05) is 0 Å². The molecule has 3 saturated carbocycles. The number of fused-ring (bicyclic) bond motifs is 5. The van der Waals surface area contributed by atoms with Crippen LogP contribution in [0.3, 0.4) is 0 Å². The molecule has 4 rings (SSSR count). The Morgan fingerprint density at radius 3 is 2.31 bits per heavy atom. The van der Waals surface area contributed by atoms with E-state index in [1.807, 2.05) is 39.8 Å². The largest absolute Gasteiger partial charge is 0.478 e. The van der Waals surface area contributed by atoms with Crippen LogP contribution in [0.1, 0.15) is 93.9 Å². The first-order valence-electron chi connectivity index (χ1n) is 15.3. The minimum atomic E-state index is -1.12. The molecule has 3 fully saturated rings. The predicted molar refractivity (Wildman–Crippen MR) is 156 cm³/mol. The fourth-order valence-corrected chi connectivity index (χ4v) is 9.23. The van der Waals surface area contributed by atoms with Gasteiger partial charge in [0.25, 0.3) is 0 Å². The van der Waals surface area contributed by atoms with Crippen molar-refractivity contribution in [2.24, 2.45) is 39.9 Å². The summed E-state index contributed by atoms with van der Waals surface area (Å²) < 4.78 is 11.8. The molecule has 0 saturated heterocycles. The Labute approximate surface area is 249 Å². The van der Waals surface area contributed by atoms with Crippen molar-refractivity contribution in [3.05, 3.63) is 34.9 Å². The fraction of sp³-hybridized carbons (Fsp3) is 0.676. The van der Waals surface area contributed by atoms with E-state index < -0.39 is 58.2 Å². The number of carboxylic acids is 1. The van der Waals surface area contributed by atoms with E-state index in [2.05, 4.69) is 6.92 Å². The smallest absolute Gasteiger partial charge is 0.331 e. The van der Waals surface area contributed by atoms with Crippen LogP contribution in [-0.4, -0.2) is 46.8 Å². The molecule has 0 aromatic rings. The Balaban J connectivity index is 1.93. The van der Waals surface area contributed by atoms with Crippen LogP contribution in [0.2, 0.25) is 0 Å². The highest BCUT2D eigenvalue weighted by molar-refractivity contribution is 5.98. The maximum absolute atomic E-state index is 14.8. The highest BCUT2D eigenvalue weighted by Gasteiger charge is 2.74. The molecule has 8 heteroatoms. The van der Waals surface area contributed by atoms with E-state index in [1.54, 1.807) is 19.9 Å². The van der Waals surface area contributed by atoms with E-state index in [9.17, 15) is 29.1 Å². The van der Waals surface area contributed by atoms with Gasteiger partial charge in [0.1, 0.15) is 6.10 Å². The zero-order valence-corrected chi connectivity index (χ0v) is 26.2. The van der Waals surface area contributed by atoms with Gasteiger partial charge in [-0.3, -0.25) is 19.2 Å². The van der Waals surface area contributed by atoms with E-state index in [0.717, 1.165) is 5.57 Å². The van der Waals surface area contributed by atoms with Crippen LogP contribution in [0.15, 0.2) is 34.9 Å². The quantitative estimate of drug-likeness (QED) is 0.227.